The first kappa shape index (κ1) is 12.0. The van der Waals surface area contributed by atoms with Crippen LogP contribution in [-0.2, 0) is 0 Å². The highest BCUT2D eigenvalue weighted by molar-refractivity contribution is 4.67. The molecule has 73 valence electrons. The highest BCUT2D eigenvalue weighted by Crippen LogP contribution is 2.23. The maximum Gasteiger partial charge on any atom is -0.0414 e. The van der Waals surface area contributed by atoms with Gasteiger partial charge in [-0.3, -0.25) is 0 Å². The Kier molecular flexibility index (Phi) is 5.61. The fraction of sp³-hybridized carbons (Fsp3) is 0.917. The SMILES string of the molecule is [CH2]C(C)C(C)CC(C)CC(C)C. The van der Waals surface area contributed by atoms with Crippen molar-refractivity contribution < 1.29 is 0 Å². The van der Waals surface area contributed by atoms with Gasteiger partial charge in [0.15, 0.2) is 0 Å². The van der Waals surface area contributed by atoms with E-state index in [1.807, 2.05) is 0 Å². The summed E-state index contributed by atoms with van der Waals surface area (Å²) in [5.74, 6) is 3.08. The van der Waals surface area contributed by atoms with Crippen LogP contribution in [0.2, 0.25) is 0 Å². The molecular formula is C12H25. The highest BCUT2D eigenvalue weighted by atomic mass is 14.2. The molecule has 0 rings (SSSR count). The normalized spacial score (nSPS) is 17.0. The van der Waals surface area contributed by atoms with E-state index in [-0.39, 0.29) is 0 Å². The number of hydrogen-bond acceptors (Lipinski definition) is 0. The summed E-state index contributed by atoms with van der Waals surface area (Å²) in [6.07, 6.45) is 2.69. The number of hydrogen-bond donors (Lipinski definition) is 0. The topological polar surface area (TPSA) is 0 Å². The third-order valence-electron chi connectivity index (χ3n) is 2.62. The minimum absolute atomic E-state index is 0.597. The second-order valence-electron chi connectivity index (χ2n) is 4.92. The second-order valence-corrected chi connectivity index (χ2v) is 4.92. The Labute approximate surface area is 78.8 Å². The van der Waals surface area contributed by atoms with Crippen LogP contribution in [0.1, 0.15) is 47.5 Å². The molecule has 0 heterocycles. The Morgan fingerprint density at radius 3 is 1.75 bits per heavy atom. The molecule has 12 heavy (non-hydrogen) atoms. The minimum Gasteiger partial charge on any atom is -0.0628 e. The van der Waals surface area contributed by atoms with Crippen LogP contribution >= 0.6 is 0 Å². The molecule has 0 aliphatic heterocycles. The first-order valence-electron chi connectivity index (χ1n) is 5.26. The maximum absolute atomic E-state index is 4.07. The van der Waals surface area contributed by atoms with Crippen molar-refractivity contribution in [1.82, 2.24) is 0 Å². The average Bonchev–Trinajstić information content (AvgIpc) is 1.84. The monoisotopic (exact) mass is 169 g/mol. The van der Waals surface area contributed by atoms with Gasteiger partial charge in [-0.15, -0.1) is 0 Å². The van der Waals surface area contributed by atoms with Gasteiger partial charge in [0.25, 0.3) is 0 Å². The summed E-state index contributed by atoms with van der Waals surface area (Å²) >= 11 is 0. The van der Waals surface area contributed by atoms with E-state index in [1.165, 1.54) is 12.8 Å². The highest BCUT2D eigenvalue weighted by Gasteiger charge is 2.12. The van der Waals surface area contributed by atoms with Gasteiger partial charge in [0.1, 0.15) is 0 Å². The molecule has 1 radical (unpaired) electrons. The molecule has 0 amide bonds. The summed E-state index contributed by atoms with van der Waals surface area (Å²) in [7, 11) is 0. The Hall–Kier alpha value is 0. The third kappa shape index (κ3) is 5.62. The Bertz CT molecular complexity index is 103. The van der Waals surface area contributed by atoms with Crippen molar-refractivity contribution in [2.75, 3.05) is 0 Å². The molecule has 0 bridgehead atoms. The summed E-state index contributed by atoms with van der Waals surface area (Å²) in [5.41, 5.74) is 0. The zero-order valence-corrected chi connectivity index (χ0v) is 9.43. The molecule has 0 nitrogen and oxygen atoms in total. The van der Waals surface area contributed by atoms with Crippen molar-refractivity contribution in [3.05, 3.63) is 6.92 Å². The molecule has 0 aliphatic rings. The smallest absolute Gasteiger partial charge is 0.0414 e. The fourth-order valence-corrected chi connectivity index (χ4v) is 1.77. The quantitative estimate of drug-likeness (QED) is 0.579. The van der Waals surface area contributed by atoms with E-state index in [1.54, 1.807) is 0 Å². The molecule has 3 unspecified atom stereocenters. The van der Waals surface area contributed by atoms with Crippen LogP contribution in [0.5, 0.6) is 0 Å². The van der Waals surface area contributed by atoms with Gasteiger partial charge in [-0.05, 0) is 36.5 Å². The maximum atomic E-state index is 4.07. The minimum atomic E-state index is 0.597. The van der Waals surface area contributed by atoms with E-state index >= 15 is 0 Å². The zero-order valence-electron chi connectivity index (χ0n) is 9.43. The van der Waals surface area contributed by atoms with Crippen LogP contribution in [0.15, 0.2) is 0 Å². The van der Waals surface area contributed by atoms with E-state index in [0.717, 1.165) is 17.8 Å². The standard InChI is InChI=1S/C12H25/c1-9(2)7-11(5)8-12(6)10(3)4/h9-12H,3,7-8H2,1-2,4-6H3. The second kappa shape index (κ2) is 5.61. The van der Waals surface area contributed by atoms with Gasteiger partial charge in [-0.1, -0.05) is 41.5 Å². The zero-order chi connectivity index (χ0) is 9.72. The van der Waals surface area contributed by atoms with Crippen molar-refractivity contribution in [3.8, 4) is 0 Å². The Morgan fingerprint density at radius 1 is 0.917 bits per heavy atom. The van der Waals surface area contributed by atoms with E-state index in [4.69, 9.17) is 0 Å². The van der Waals surface area contributed by atoms with Crippen molar-refractivity contribution in [2.45, 2.75) is 47.5 Å². The van der Waals surface area contributed by atoms with Gasteiger partial charge in [-0.25, -0.2) is 0 Å². The number of rotatable bonds is 5. The van der Waals surface area contributed by atoms with E-state index in [2.05, 4.69) is 41.5 Å². The molecular weight excluding hydrogens is 144 g/mol. The lowest BCUT2D eigenvalue weighted by Gasteiger charge is -2.21. The lowest BCUT2D eigenvalue weighted by molar-refractivity contribution is 0.316. The van der Waals surface area contributed by atoms with Gasteiger partial charge in [0.05, 0.1) is 0 Å². The van der Waals surface area contributed by atoms with E-state index < -0.39 is 0 Å². The summed E-state index contributed by atoms with van der Waals surface area (Å²) < 4.78 is 0. The molecule has 0 N–H and O–H groups in total. The Morgan fingerprint density at radius 2 is 1.42 bits per heavy atom. The lowest BCUT2D eigenvalue weighted by Crippen LogP contribution is -2.10. The van der Waals surface area contributed by atoms with Crippen molar-refractivity contribution >= 4 is 0 Å². The lowest BCUT2D eigenvalue weighted by atomic mass is 9.85. The van der Waals surface area contributed by atoms with Crippen LogP contribution in [-0.4, -0.2) is 0 Å². The molecule has 0 aromatic carbocycles. The molecule has 0 heteroatoms. The van der Waals surface area contributed by atoms with Crippen molar-refractivity contribution in [1.29, 1.82) is 0 Å². The van der Waals surface area contributed by atoms with E-state index in [9.17, 15) is 0 Å². The first-order valence-corrected chi connectivity index (χ1v) is 5.26. The Balaban J connectivity index is 3.61. The van der Waals surface area contributed by atoms with Gasteiger partial charge < -0.3 is 0 Å². The summed E-state index contributed by atoms with van der Waals surface area (Å²) in [4.78, 5) is 0. The molecule has 0 aromatic heterocycles. The average molecular weight is 169 g/mol. The molecule has 3 atom stereocenters. The van der Waals surface area contributed by atoms with Gasteiger partial charge in [0, 0.05) is 0 Å². The van der Waals surface area contributed by atoms with Gasteiger partial charge in [-0.2, -0.15) is 0 Å². The first-order chi connectivity index (χ1) is 5.43. The molecule has 0 fully saturated rings. The molecule has 0 saturated heterocycles. The van der Waals surface area contributed by atoms with Crippen LogP contribution in [0.3, 0.4) is 0 Å². The molecule has 0 aliphatic carbocycles. The summed E-state index contributed by atoms with van der Waals surface area (Å²) in [5, 5.41) is 0. The predicted octanol–water partition coefficient (Wildman–Crippen LogP) is 4.16. The summed E-state index contributed by atoms with van der Waals surface area (Å²) in [6.45, 7) is 15.6. The third-order valence-corrected chi connectivity index (χ3v) is 2.62. The van der Waals surface area contributed by atoms with Gasteiger partial charge >= 0.3 is 0 Å². The fourth-order valence-electron chi connectivity index (χ4n) is 1.77. The molecule has 0 aromatic rings. The van der Waals surface area contributed by atoms with Gasteiger partial charge in [0.2, 0.25) is 0 Å². The van der Waals surface area contributed by atoms with Crippen molar-refractivity contribution in [2.24, 2.45) is 23.7 Å². The molecule has 0 saturated carbocycles. The van der Waals surface area contributed by atoms with Crippen LogP contribution in [0, 0.1) is 30.6 Å². The summed E-state index contributed by atoms with van der Waals surface area (Å²) in [6, 6.07) is 0. The largest absolute Gasteiger partial charge is 0.0628 e. The van der Waals surface area contributed by atoms with Crippen molar-refractivity contribution in [3.63, 3.8) is 0 Å². The predicted molar refractivity (Wildman–Crippen MR) is 56.9 cm³/mol. The molecule has 0 spiro atoms. The van der Waals surface area contributed by atoms with Crippen LogP contribution in [0.25, 0.3) is 0 Å². The van der Waals surface area contributed by atoms with Crippen LogP contribution in [0.4, 0.5) is 0 Å². The van der Waals surface area contributed by atoms with E-state index in [0.29, 0.717) is 5.92 Å². The van der Waals surface area contributed by atoms with Crippen LogP contribution < -0.4 is 0 Å².